The summed E-state index contributed by atoms with van der Waals surface area (Å²) in [5, 5.41) is 7.41. The monoisotopic (exact) mass is 601 g/mol. The summed E-state index contributed by atoms with van der Waals surface area (Å²) >= 11 is 0. The quantitative estimate of drug-likeness (QED) is 0.184. The summed E-state index contributed by atoms with van der Waals surface area (Å²) < 4.78 is 2.30. The summed E-state index contributed by atoms with van der Waals surface area (Å²) in [5.41, 5.74) is 10.3. The molecule has 0 unspecified atom stereocenters. The van der Waals surface area contributed by atoms with E-state index in [0.29, 0.717) is 0 Å². The number of hydrogen-bond donors (Lipinski definition) is 0. The molecule has 47 heavy (non-hydrogen) atoms. The van der Waals surface area contributed by atoms with Gasteiger partial charge in [-0.1, -0.05) is 110 Å². The van der Waals surface area contributed by atoms with E-state index in [1.807, 2.05) is 18.3 Å². The lowest BCUT2D eigenvalue weighted by atomic mass is 9.85. The third-order valence-electron chi connectivity index (χ3n) is 9.36. The maximum atomic E-state index is 4.91. The third-order valence-corrected chi connectivity index (χ3v) is 9.36. The average molecular weight is 602 g/mol. The van der Waals surface area contributed by atoms with E-state index in [4.69, 9.17) is 4.98 Å². The van der Waals surface area contributed by atoms with E-state index in [0.717, 1.165) is 40.2 Å². The van der Waals surface area contributed by atoms with Gasteiger partial charge in [0.25, 0.3) is 0 Å². The summed E-state index contributed by atoms with van der Waals surface area (Å²) in [4.78, 5) is 9.53. The summed E-state index contributed by atoms with van der Waals surface area (Å²) in [6, 6.07) is 54.6. The largest absolute Gasteiger partial charge is 0.296 e. The molecule has 9 rings (SSSR count). The van der Waals surface area contributed by atoms with Gasteiger partial charge >= 0.3 is 0 Å². The summed E-state index contributed by atoms with van der Waals surface area (Å²) in [6.45, 7) is 2.17. The molecule has 0 atom stereocenters. The summed E-state index contributed by atoms with van der Waals surface area (Å²) in [6.07, 6.45) is 2.73. The van der Waals surface area contributed by atoms with Crippen molar-refractivity contribution in [2.75, 3.05) is 0 Å². The minimum absolute atomic E-state index is 0.870. The molecule has 0 aliphatic heterocycles. The highest BCUT2D eigenvalue weighted by Gasteiger charge is 2.18. The molecule has 0 fully saturated rings. The molecular formula is C44H31N3. The average Bonchev–Trinajstić information content (AvgIpc) is 3.52. The van der Waals surface area contributed by atoms with E-state index in [2.05, 4.69) is 156 Å². The molecule has 0 N–H and O–H groups in total. The van der Waals surface area contributed by atoms with Crippen molar-refractivity contribution in [3.05, 3.63) is 164 Å². The van der Waals surface area contributed by atoms with Crippen LogP contribution in [0.4, 0.5) is 0 Å². The van der Waals surface area contributed by atoms with E-state index < -0.39 is 0 Å². The molecule has 7 aromatic carbocycles. The van der Waals surface area contributed by atoms with Gasteiger partial charge in [0.1, 0.15) is 5.82 Å². The molecular weight excluding hydrogens is 571 g/mol. The van der Waals surface area contributed by atoms with Gasteiger partial charge in [-0.3, -0.25) is 9.55 Å². The molecule has 0 radical (unpaired) electrons. The lowest BCUT2D eigenvalue weighted by Gasteiger charge is -2.18. The lowest BCUT2D eigenvalue weighted by molar-refractivity contribution is 0.909. The topological polar surface area (TPSA) is 30.7 Å². The van der Waals surface area contributed by atoms with Gasteiger partial charge in [0.15, 0.2) is 0 Å². The first-order valence-electron chi connectivity index (χ1n) is 16.2. The zero-order chi connectivity index (χ0) is 31.3. The van der Waals surface area contributed by atoms with Crippen molar-refractivity contribution < 1.29 is 0 Å². The normalized spacial score (nSPS) is 11.6. The number of imidazole rings is 1. The van der Waals surface area contributed by atoms with Crippen molar-refractivity contribution >= 4 is 43.4 Å². The van der Waals surface area contributed by atoms with E-state index in [1.165, 1.54) is 54.6 Å². The van der Waals surface area contributed by atoms with E-state index >= 15 is 0 Å². The summed E-state index contributed by atoms with van der Waals surface area (Å²) in [7, 11) is 0. The molecule has 0 amide bonds. The Morgan fingerprint density at radius 2 is 1.13 bits per heavy atom. The molecule has 3 heteroatoms. The van der Waals surface area contributed by atoms with Crippen LogP contribution in [-0.4, -0.2) is 14.5 Å². The van der Waals surface area contributed by atoms with E-state index in [9.17, 15) is 0 Å². The molecule has 0 saturated heterocycles. The van der Waals surface area contributed by atoms with Crippen molar-refractivity contribution in [1.82, 2.24) is 14.5 Å². The molecule has 0 saturated carbocycles. The lowest BCUT2D eigenvalue weighted by Crippen LogP contribution is -2.00. The Labute approximate surface area is 273 Å². The highest BCUT2D eigenvalue weighted by Crippen LogP contribution is 2.44. The standard InChI is InChI=1S/C44H31N3/c1-2-42-46-40-19-7-8-20-41(40)47(42)34-24-23-29-26-33(22-21-30(29)28-34)44-37-16-5-3-14-35(37)43(36-15-4-6-17-38(36)44)32-13-11-12-31(27-32)39-18-9-10-25-45-39/h3-28H,2H2,1H3. The number of aromatic nitrogens is 3. The Morgan fingerprint density at radius 3 is 1.83 bits per heavy atom. The van der Waals surface area contributed by atoms with Crippen molar-refractivity contribution in [1.29, 1.82) is 0 Å². The fraction of sp³-hybridized carbons (Fsp3) is 0.0455. The maximum Gasteiger partial charge on any atom is 0.114 e. The van der Waals surface area contributed by atoms with Crippen molar-refractivity contribution in [3.63, 3.8) is 0 Å². The molecule has 0 aliphatic rings. The number of rotatable bonds is 5. The Hall–Kier alpha value is -6.06. The first kappa shape index (κ1) is 27.3. The molecule has 9 aromatic rings. The van der Waals surface area contributed by atoms with Gasteiger partial charge in [0, 0.05) is 23.9 Å². The van der Waals surface area contributed by atoms with Crippen molar-refractivity contribution in [3.8, 4) is 39.2 Å². The number of aryl methyl sites for hydroxylation is 1. The van der Waals surface area contributed by atoms with Crippen LogP contribution in [0, 0.1) is 0 Å². The molecule has 0 spiro atoms. The molecule has 0 bridgehead atoms. The van der Waals surface area contributed by atoms with Crippen LogP contribution in [0.1, 0.15) is 12.7 Å². The van der Waals surface area contributed by atoms with Crippen LogP contribution in [0.5, 0.6) is 0 Å². The molecule has 3 nitrogen and oxygen atoms in total. The van der Waals surface area contributed by atoms with E-state index in [-0.39, 0.29) is 0 Å². The van der Waals surface area contributed by atoms with Crippen LogP contribution in [0.2, 0.25) is 0 Å². The maximum absolute atomic E-state index is 4.91. The van der Waals surface area contributed by atoms with Gasteiger partial charge in [-0.15, -0.1) is 0 Å². The van der Waals surface area contributed by atoms with Gasteiger partial charge in [-0.05, 0) is 103 Å². The second-order valence-corrected chi connectivity index (χ2v) is 12.1. The molecule has 222 valence electrons. The number of pyridine rings is 1. The van der Waals surface area contributed by atoms with Crippen molar-refractivity contribution in [2.45, 2.75) is 13.3 Å². The summed E-state index contributed by atoms with van der Waals surface area (Å²) in [5.74, 6) is 1.07. The van der Waals surface area contributed by atoms with Gasteiger partial charge in [-0.2, -0.15) is 0 Å². The predicted molar refractivity (Wildman–Crippen MR) is 197 cm³/mol. The fourth-order valence-corrected chi connectivity index (χ4v) is 7.25. The number of para-hydroxylation sites is 2. The number of benzene rings is 7. The zero-order valence-corrected chi connectivity index (χ0v) is 26.1. The smallest absolute Gasteiger partial charge is 0.114 e. The second-order valence-electron chi connectivity index (χ2n) is 12.1. The van der Waals surface area contributed by atoms with E-state index in [1.54, 1.807) is 0 Å². The first-order valence-corrected chi connectivity index (χ1v) is 16.2. The second kappa shape index (κ2) is 11.1. The highest BCUT2D eigenvalue weighted by molar-refractivity contribution is 6.21. The Kier molecular flexibility index (Phi) is 6.43. The van der Waals surface area contributed by atoms with Crippen molar-refractivity contribution in [2.24, 2.45) is 0 Å². The van der Waals surface area contributed by atoms with Crippen LogP contribution in [0.25, 0.3) is 82.5 Å². The minimum Gasteiger partial charge on any atom is -0.296 e. The van der Waals surface area contributed by atoms with Gasteiger partial charge in [-0.25, -0.2) is 4.98 Å². The third kappa shape index (κ3) is 4.51. The van der Waals surface area contributed by atoms with Crippen LogP contribution >= 0.6 is 0 Å². The Balaban J connectivity index is 1.23. The SMILES string of the molecule is CCc1nc2ccccc2n1-c1ccc2cc(-c3c4ccccc4c(-c4cccc(-c5ccccn5)c4)c4ccccc34)ccc2c1. The Bertz CT molecular complexity index is 2560. The van der Waals surface area contributed by atoms with Crippen LogP contribution in [0.3, 0.4) is 0 Å². The predicted octanol–water partition coefficient (Wildman–Crippen LogP) is 11.4. The number of hydrogen-bond acceptors (Lipinski definition) is 2. The minimum atomic E-state index is 0.870. The van der Waals surface area contributed by atoms with Gasteiger partial charge in [0.05, 0.1) is 16.7 Å². The zero-order valence-electron chi connectivity index (χ0n) is 26.1. The molecule has 0 aliphatic carbocycles. The number of nitrogens with zero attached hydrogens (tertiary/aromatic N) is 3. The van der Waals surface area contributed by atoms with Crippen LogP contribution < -0.4 is 0 Å². The van der Waals surface area contributed by atoms with Crippen LogP contribution in [0.15, 0.2) is 158 Å². The first-order chi connectivity index (χ1) is 23.3. The molecule has 2 heterocycles. The molecule has 2 aromatic heterocycles. The number of fused-ring (bicyclic) bond motifs is 4. The van der Waals surface area contributed by atoms with Crippen LogP contribution in [-0.2, 0) is 6.42 Å². The fourth-order valence-electron chi connectivity index (χ4n) is 7.25. The van der Waals surface area contributed by atoms with Gasteiger partial charge in [0.2, 0.25) is 0 Å². The van der Waals surface area contributed by atoms with Gasteiger partial charge < -0.3 is 0 Å². The Morgan fingerprint density at radius 1 is 0.511 bits per heavy atom. The highest BCUT2D eigenvalue weighted by atomic mass is 15.1.